The summed E-state index contributed by atoms with van der Waals surface area (Å²) in [5, 5.41) is 3.61. The molecule has 0 spiro atoms. The molecular formula is C14H25N3O. The van der Waals surface area contributed by atoms with Gasteiger partial charge in [-0.15, -0.1) is 0 Å². The lowest BCUT2D eigenvalue weighted by Crippen LogP contribution is -2.42. The zero-order valence-electron chi connectivity index (χ0n) is 11.6. The number of aryl methyl sites for hydroxylation is 1. The molecule has 0 saturated carbocycles. The normalized spacial score (nSPS) is 22.0. The van der Waals surface area contributed by atoms with Crippen LogP contribution in [0.25, 0.3) is 0 Å². The minimum Gasteiger partial charge on any atom is -0.381 e. The van der Waals surface area contributed by atoms with E-state index in [-0.39, 0.29) is 0 Å². The molecule has 0 bridgehead atoms. The van der Waals surface area contributed by atoms with Gasteiger partial charge in [0.2, 0.25) is 0 Å². The van der Waals surface area contributed by atoms with E-state index in [9.17, 15) is 0 Å². The zero-order chi connectivity index (χ0) is 12.8. The summed E-state index contributed by atoms with van der Waals surface area (Å²) >= 11 is 0. The van der Waals surface area contributed by atoms with Gasteiger partial charge >= 0.3 is 0 Å². The number of nitrogens with one attached hydrogen (secondary N) is 1. The van der Waals surface area contributed by atoms with Crippen molar-refractivity contribution >= 4 is 0 Å². The lowest BCUT2D eigenvalue weighted by atomic mass is 9.91. The van der Waals surface area contributed by atoms with Crippen molar-refractivity contribution in [3.05, 3.63) is 18.2 Å². The second-order valence-corrected chi connectivity index (χ2v) is 4.98. The molecular weight excluding hydrogens is 226 g/mol. The van der Waals surface area contributed by atoms with Gasteiger partial charge in [-0.2, -0.15) is 0 Å². The van der Waals surface area contributed by atoms with Crippen molar-refractivity contribution in [2.24, 2.45) is 5.92 Å². The maximum absolute atomic E-state index is 5.62. The highest BCUT2D eigenvalue weighted by Crippen LogP contribution is 2.20. The van der Waals surface area contributed by atoms with Crippen LogP contribution in [0.4, 0.5) is 0 Å². The Morgan fingerprint density at radius 1 is 1.56 bits per heavy atom. The van der Waals surface area contributed by atoms with E-state index in [1.807, 2.05) is 6.20 Å². The maximum atomic E-state index is 5.62. The number of ether oxygens (including phenoxy) is 1. The highest BCUT2D eigenvalue weighted by Gasteiger charge is 2.24. The molecule has 2 atom stereocenters. The van der Waals surface area contributed by atoms with Gasteiger partial charge in [0.05, 0.1) is 6.61 Å². The van der Waals surface area contributed by atoms with Crippen molar-refractivity contribution in [3.63, 3.8) is 0 Å². The fourth-order valence-electron chi connectivity index (χ4n) is 2.77. The second kappa shape index (κ2) is 6.90. The average molecular weight is 251 g/mol. The fraction of sp³-hybridized carbons (Fsp3) is 0.786. The summed E-state index contributed by atoms with van der Waals surface area (Å²) in [5.41, 5.74) is 0. The van der Waals surface area contributed by atoms with Crippen LogP contribution in [0.5, 0.6) is 0 Å². The Labute approximate surface area is 110 Å². The Bertz CT molecular complexity index is 345. The van der Waals surface area contributed by atoms with Crippen LogP contribution >= 0.6 is 0 Å². The van der Waals surface area contributed by atoms with Gasteiger partial charge in [-0.25, -0.2) is 4.98 Å². The van der Waals surface area contributed by atoms with Gasteiger partial charge in [-0.1, -0.05) is 6.92 Å². The highest BCUT2D eigenvalue weighted by molar-refractivity contribution is 4.97. The molecule has 4 nitrogen and oxygen atoms in total. The Balaban J connectivity index is 2.00. The van der Waals surface area contributed by atoms with E-state index in [0.29, 0.717) is 12.0 Å². The minimum absolute atomic E-state index is 0.489. The third kappa shape index (κ3) is 3.33. The summed E-state index contributed by atoms with van der Waals surface area (Å²) < 4.78 is 7.85. The van der Waals surface area contributed by atoms with Gasteiger partial charge in [-0.05, 0) is 32.2 Å². The van der Waals surface area contributed by atoms with Gasteiger partial charge < -0.3 is 14.6 Å². The number of hydrogen-bond acceptors (Lipinski definition) is 3. The maximum Gasteiger partial charge on any atom is 0.110 e. The van der Waals surface area contributed by atoms with Gasteiger partial charge in [0.15, 0.2) is 0 Å². The van der Waals surface area contributed by atoms with Gasteiger partial charge in [0.25, 0.3) is 0 Å². The van der Waals surface area contributed by atoms with E-state index in [1.54, 1.807) is 0 Å². The first-order valence-electron chi connectivity index (χ1n) is 7.16. The quantitative estimate of drug-likeness (QED) is 0.838. The molecule has 2 heterocycles. The van der Waals surface area contributed by atoms with Crippen molar-refractivity contribution in [1.82, 2.24) is 14.9 Å². The van der Waals surface area contributed by atoms with Crippen LogP contribution in [0.2, 0.25) is 0 Å². The number of nitrogens with zero attached hydrogens (tertiary/aromatic N) is 2. The largest absolute Gasteiger partial charge is 0.381 e. The summed E-state index contributed by atoms with van der Waals surface area (Å²) in [6.45, 7) is 8.16. The summed E-state index contributed by atoms with van der Waals surface area (Å²) in [6, 6.07) is 0.489. The molecule has 1 aliphatic heterocycles. The molecule has 0 aliphatic carbocycles. The molecule has 0 aromatic carbocycles. The number of likely N-dealkylation sites (N-methyl/N-ethyl adjacent to an activating group) is 1. The van der Waals surface area contributed by atoms with E-state index < -0.39 is 0 Å². The lowest BCUT2D eigenvalue weighted by Gasteiger charge is -2.30. The highest BCUT2D eigenvalue weighted by atomic mass is 16.5. The lowest BCUT2D eigenvalue weighted by molar-refractivity contribution is 0.0392. The SMILES string of the molecule is CCNC(Cc1nccn1CC)C1CCCOC1. The molecule has 1 aromatic heterocycles. The molecule has 1 aliphatic rings. The summed E-state index contributed by atoms with van der Waals surface area (Å²) in [4.78, 5) is 4.49. The summed E-state index contributed by atoms with van der Waals surface area (Å²) in [5.74, 6) is 1.81. The van der Waals surface area contributed by atoms with Crippen LogP contribution in [0.15, 0.2) is 12.4 Å². The first-order valence-corrected chi connectivity index (χ1v) is 7.16. The van der Waals surface area contributed by atoms with E-state index in [2.05, 4.69) is 34.9 Å². The fourth-order valence-corrected chi connectivity index (χ4v) is 2.77. The van der Waals surface area contributed by atoms with Crippen molar-refractivity contribution in [3.8, 4) is 0 Å². The van der Waals surface area contributed by atoms with Gasteiger partial charge in [0, 0.05) is 38.0 Å². The molecule has 1 N–H and O–H groups in total. The predicted octanol–water partition coefficient (Wildman–Crippen LogP) is 1.85. The molecule has 1 aromatic rings. The first kappa shape index (κ1) is 13.6. The van der Waals surface area contributed by atoms with Crippen LogP contribution in [-0.2, 0) is 17.7 Å². The number of rotatable bonds is 6. The minimum atomic E-state index is 0.489. The molecule has 2 unspecified atom stereocenters. The van der Waals surface area contributed by atoms with Crippen LogP contribution < -0.4 is 5.32 Å². The Morgan fingerprint density at radius 2 is 2.44 bits per heavy atom. The monoisotopic (exact) mass is 251 g/mol. The molecule has 2 rings (SSSR count). The molecule has 0 radical (unpaired) electrons. The molecule has 18 heavy (non-hydrogen) atoms. The zero-order valence-corrected chi connectivity index (χ0v) is 11.6. The third-order valence-electron chi connectivity index (χ3n) is 3.78. The number of imidazole rings is 1. The van der Waals surface area contributed by atoms with E-state index >= 15 is 0 Å². The second-order valence-electron chi connectivity index (χ2n) is 4.98. The Kier molecular flexibility index (Phi) is 5.20. The van der Waals surface area contributed by atoms with Crippen molar-refractivity contribution in [1.29, 1.82) is 0 Å². The number of aromatic nitrogens is 2. The molecule has 102 valence electrons. The first-order chi connectivity index (χ1) is 8.85. The predicted molar refractivity (Wildman–Crippen MR) is 72.6 cm³/mol. The topological polar surface area (TPSA) is 39.1 Å². The Hall–Kier alpha value is -0.870. The van der Waals surface area contributed by atoms with Crippen LogP contribution in [-0.4, -0.2) is 35.4 Å². The summed E-state index contributed by atoms with van der Waals surface area (Å²) in [7, 11) is 0. The average Bonchev–Trinajstić information content (AvgIpc) is 2.86. The van der Waals surface area contributed by atoms with E-state index in [4.69, 9.17) is 4.74 Å². The van der Waals surface area contributed by atoms with Gasteiger partial charge in [-0.3, -0.25) is 0 Å². The standard InChI is InChI=1S/C14H25N3O/c1-3-15-13(12-6-5-9-18-11-12)10-14-16-7-8-17(14)4-2/h7-8,12-13,15H,3-6,9-11H2,1-2H3. The van der Waals surface area contributed by atoms with Crippen molar-refractivity contribution < 1.29 is 4.74 Å². The van der Waals surface area contributed by atoms with Crippen molar-refractivity contribution in [2.45, 2.75) is 45.7 Å². The van der Waals surface area contributed by atoms with E-state index in [1.165, 1.54) is 18.7 Å². The molecule has 4 heteroatoms. The van der Waals surface area contributed by atoms with Crippen molar-refractivity contribution in [2.75, 3.05) is 19.8 Å². The summed E-state index contributed by atoms with van der Waals surface area (Å²) in [6.07, 6.45) is 7.43. The number of hydrogen-bond donors (Lipinski definition) is 1. The third-order valence-corrected chi connectivity index (χ3v) is 3.78. The molecule has 0 amide bonds. The molecule has 1 fully saturated rings. The van der Waals surface area contributed by atoms with Crippen LogP contribution in [0, 0.1) is 5.92 Å². The molecule has 1 saturated heterocycles. The smallest absolute Gasteiger partial charge is 0.110 e. The van der Waals surface area contributed by atoms with Crippen LogP contribution in [0.3, 0.4) is 0 Å². The van der Waals surface area contributed by atoms with E-state index in [0.717, 1.165) is 32.7 Å². The van der Waals surface area contributed by atoms with Gasteiger partial charge in [0.1, 0.15) is 5.82 Å². The van der Waals surface area contributed by atoms with Crippen LogP contribution in [0.1, 0.15) is 32.5 Å². The Morgan fingerprint density at radius 3 is 3.11 bits per heavy atom.